The average molecular weight is 292 g/mol. The third kappa shape index (κ3) is 3.68. The first-order chi connectivity index (χ1) is 8.66. The summed E-state index contributed by atoms with van der Waals surface area (Å²) in [4.78, 5) is 12.5. The minimum atomic E-state index is -2.51. The Labute approximate surface area is 113 Å². The van der Waals surface area contributed by atoms with Crippen LogP contribution in [0.15, 0.2) is 16.3 Å². The number of hydrogen-bond donors (Lipinski definition) is 0. The highest BCUT2D eigenvalue weighted by molar-refractivity contribution is 7.99. The molecule has 0 aromatic carbocycles. The number of ether oxygens (including phenoxy) is 1. The van der Waals surface area contributed by atoms with Crippen LogP contribution in [0.2, 0.25) is 0 Å². The largest absolute Gasteiger partial charge is 0.458 e. The van der Waals surface area contributed by atoms with E-state index in [4.69, 9.17) is 4.74 Å². The van der Waals surface area contributed by atoms with E-state index in [9.17, 15) is 13.6 Å². The Hall–Kier alpha value is -0.620. The second-order valence-electron chi connectivity index (χ2n) is 4.16. The molecule has 18 heavy (non-hydrogen) atoms. The van der Waals surface area contributed by atoms with E-state index >= 15 is 0 Å². The Morgan fingerprint density at radius 3 is 2.78 bits per heavy atom. The Bertz CT molecular complexity index is 401. The number of carbonyl (C=O) groups is 1. The van der Waals surface area contributed by atoms with Crippen LogP contribution in [0.5, 0.6) is 0 Å². The van der Waals surface area contributed by atoms with Crippen molar-refractivity contribution in [3.8, 4) is 0 Å². The molecule has 0 amide bonds. The molecule has 0 aliphatic heterocycles. The molecular formula is C12H14F2O2S2. The number of thioether (sulfide) groups is 1. The second-order valence-corrected chi connectivity index (χ2v) is 6.11. The van der Waals surface area contributed by atoms with Crippen LogP contribution in [-0.4, -0.2) is 17.8 Å². The Morgan fingerprint density at radius 2 is 2.11 bits per heavy atom. The van der Waals surface area contributed by atoms with E-state index in [0.717, 1.165) is 37.0 Å². The fraction of sp³-hybridized carbons (Fsp3) is 0.583. The van der Waals surface area contributed by atoms with Crippen LogP contribution >= 0.6 is 23.1 Å². The van der Waals surface area contributed by atoms with Crippen molar-refractivity contribution in [1.29, 1.82) is 0 Å². The molecule has 6 heteroatoms. The van der Waals surface area contributed by atoms with Crippen LogP contribution < -0.4 is 0 Å². The van der Waals surface area contributed by atoms with Crippen molar-refractivity contribution in [2.75, 3.05) is 0 Å². The standard InChI is InChI=1S/C12H14F2O2S2/c13-12(14)18-9-6-7-17-10(9)11(15)16-8-4-2-1-3-5-8/h6-8,12H,1-5H2. The van der Waals surface area contributed by atoms with Crippen LogP contribution in [0.25, 0.3) is 0 Å². The van der Waals surface area contributed by atoms with Gasteiger partial charge in [-0.1, -0.05) is 18.2 Å². The first-order valence-corrected chi connectivity index (χ1v) is 7.66. The number of halogens is 2. The second kappa shape index (κ2) is 6.52. The smallest absolute Gasteiger partial charge is 0.349 e. The molecule has 100 valence electrons. The summed E-state index contributed by atoms with van der Waals surface area (Å²) in [5, 5.41) is 1.64. The van der Waals surface area contributed by atoms with Gasteiger partial charge in [0, 0.05) is 4.90 Å². The third-order valence-electron chi connectivity index (χ3n) is 2.86. The molecule has 2 nitrogen and oxygen atoms in total. The monoisotopic (exact) mass is 292 g/mol. The molecule has 0 saturated heterocycles. The van der Waals surface area contributed by atoms with E-state index in [1.807, 2.05) is 0 Å². The molecule has 1 aromatic rings. The number of alkyl halides is 2. The van der Waals surface area contributed by atoms with E-state index in [1.54, 1.807) is 11.4 Å². The van der Waals surface area contributed by atoms with Crippen LogP contribution in [0.1, 0.15) is 41.8 Å². The Balaban J connectivity index is 1.97. The van der Waals surface area contributed by atoms with Crippen molar-refractivity contribution in [3.63, 3.8) is 0 Å². The van der Waals surface area contributed by atoms with Crippen molar-refractivity contribution < 1.29 is 18.3 Å². The van der Waals surface area contributed by atoms with Crippen LogP contribution in [0.4, 0.5) is 8.78 Å². The van der Waals surface area contributed by atoms with Crippen molar-refractivity contribution in [3.05, 3.63) is 16.3 Å². The summed E-state index contributed by atoms with van der Waals surface area (Å²) in [6, 6.07) is 1.54. The van der Waals surface area contributed by atoms with Gasteiger partial charge in [0.15, 0.2) is 0 Å². The summed E-state index contributed by atoms with van der Waals surface area (Å²) < 4.78 is 30.0. The summed E-state index contributed by atoms with van der Waals surface area (Å²) in [6.07, 6.45) is 5.04. The van der Waals surface area contributed by atoms with Crippen LogP contribution in [0, 0.1) is 0 Å². The van der Waals surface area contributed by atoms with E-state index in [2.05, 4.69) is 0 Å². The van der Waals surface area contributed by atoms with Gasteiger partial charge in [-0.25, -0.2) is 4.79 Å². The lowest BCUT2D eigenvalue weighted by molar-refractivity contribution is 0.0213. The van der Waals surface area contributed by atoms with Crippen molar-refractivity contribution in [1.82, 2.24) is 0 Å². The molecule has 1 fully saturated rings. The molecule has 0 radical (unpaired) electrons. The summed E-state index contributed by atoms with van der Waals surface area (Å²) in [5.41, 5.74) is 0. The maximum atomic E-state index is 12.3. The molecule has 0 unspecified atom stereocenters. The highest BCUT2D eigenvalue weighted by Gasteiger charge is 2.23. The van der Waals surface area contributed by atoms with Gasteiger partial charge in [-0.05, 0) is 37.1 Å². The summed E-state index contributed by atoms with van der Waals surface area (Å²) in [5.74, 6) is -2.97. The Kier molecular flexibility index (Phi) is 5.00. The molecule has 0 N–H and O–H groups in total. The van der Waals surface area contributed by atoms with Gasteiger partial charge in [-0.15, -0.1) is 11.3 Å². The number of hydrogen-bond acceptors (Lipinski definition) is 4. The highest BCUT2D eigenvalue weighted by atomic mass is 32.2. The fourth-order valence-electron chi connectivity index (χ4n) is 2.02. The molecule has 1 aliphatic carbocycles. The summed E-state index contributed by atoms with van der Waals surface area (Å²) >= 11 is 1.56. The number of carbonyl (C=O) groups excluding carboxylic acids is 1. The molecule has 1 saturated carbocycles. The predicted molar refractivity (Wildman–Crippen MR) is 68.5 cm³/mol. The minimum Gasteiger partial charge on any atom is -0.458 e. The van der Waals surface area contributed by atoms with Crippen molar-refractivity contribution in [2.24, 2.45) is 0 Å². The van der Waals surface area contributed by atoms with Crippen molar-refractivity contribution >= 4 is 29.1 Å². The van der Waals surface area contributed by atoms with Gasteiger partial charge in [0.25, 0.3) is 5.76 Å². The SMILES string of the molecule is O=C(OC1CCCCC1)c1sccc1SC(F)F. The molecule has 2 rings (SSSR count). The van der Waals surface area contributed by atoms with Gasteiger partial charge in [0.05, 0.1) is 0 Å². The first kappa shape index (κ1) is 13.8. The van der Waals surface area contributed by atoms with Gasteiger partial charge < -0.3 is 4.74 Å². The normalized spacial score (nSPS) is 17.1. The van der Waals surface area contributed by atoms with Gasteiger partial charge in [0.1, 0.15) is 11.0 Å². The molecule has 0 atom stereocenters. The van der Waals surface area contributed by atoms with Gasteiger partial charge in [-0.2, -0.15) is 8.78 Å². The van der Waals surface area contributed by atoms with E-state index in [1.165, 1.54) is 6.42 Å². The maximum Gasteiger partial charge on any atom is 0.349 e. The van der Waals surface area contributed by atoms with Crippen LogP contribution in [-0.2, 0) is 4.74 Å². The van der Waals surface area contributed by atoms with E-state index in [0.29, 0.717) is 21.5 Å². The fourth-order valence-corrected chi connectivity index (χ4v) is 3.60. The number of rotatable bonds is 4. The average Bonchev–Trinajstić information content (AvgIpc) is 2.77. The predicted octanol–water partition coefficient (Wildman–Crippen LogP) is 4.55. The molecule has 1 aliphatic rings. The maximum absolute atomic E-state index is 12.3. The summed E-state index contributed by atoms with van der Waals surface area (Å²) in [7, 11) is 0. The van der Waals surface area contributed by atoms with E-state index in [-0.39, 0.29) is 6.10 Å². The zero-order valence-electron chi connectivity index (χ0n) is 9.73. The zero-order chi connectivity index (χ0) is 13.0. The molecule has 1 aromatic heterocycles. The van der Waals surface area contributed by atoms with Gasteiger partial charge >= 0.3 is 5.97 Å². The zero-order valence-corrected chi connectivity index (χ0v) is 11.4. The van der Waals surface area contributed by atoms with E-state index < -0.39 is 11.7 Å². The lowest BCUT2D eigenvalue weighted by Crippen LogP contribution is -2.20. The lowest BCUT2D eigenvalue weighted by Gasteiger charge is -2.21. The highest BCUT2D eigenvalue weighted by Crippen LogP contribution is 2.33. The summed E-state index contributed by atoms with van der Waals surface area (Å²) in [6.45, 7) is 0. The third-order valence-corrected chi connectivity index (χ3v) is 4.65. The number of thiophene rings is 1. The Morgan fingerprint density at radius 1 is 1.39 bits per heavy atom. The van der Waals surface area contributed by atoms with Crippen LogP contribution in [0.3, 0.4) is 0 Å². The first-order valence-electron chi connectivity index (χ1n) is 5.90. The minimum absolute atomic E-state index is 0.0438. The molecule has 0 bridgehead atoms. The lowest BCUT2D eigenvalue weighted by atomic mass is 9.98. The topological polar surface area (TPSA) is 26.3 Å². The van der Waals surface area contributed by atoms with Gasteiger partial charge in [-0.3, -0.25) is 0 Å². The number of esters is 1. The van der Waals surface area contributed by atoms with Crippen molar-refractivity contribution in [2.45, 2.75) is 48.9 Å². The van der Waals surface area contributed by atoms with Gasteiger partial charge in [0.2, 0.25) is 0 Å². The molecular weight excluding hydrogens is 278 g/mol. The molecule has 1 heterocycles. The molecule has 0 spiro atoms. The quantitative estimate of drug-likeness (QED) is 0.601.